The Morgan fingerprint density at radius 3 is 2.56 bits per heavy atom. The summed E-state index contributed by atoms with van der Waals surface area (Å²) in [5.41, 5.74) is 4.40. The van der Waals surface area contributed by atoms with Crippen LogP contribution in [0.4, 0.5) is 5.69 Å². The maximum absolute atomic E-state index is 11.9. The minimum atomic E-state index is 0.127. The van der Waals surface area contributed by atoms with E-state index in [1.807, 2.05) is 31.2 Å². The van der Waals surface area contributed by atoms with Gasteiger partial charge in [0.1, 0.15) is 0 Å². The molecule has 1 fully saturated rings. The van der Waals surface area contributed by atoms with Gasteiger partial charge in [0.05, 0.1) is 23.4 Å². The topological polar surface area (TPSA) is 65.9 Å². The van der Waals surface area contributed by atoms with Gasteiger partial charge in [0.25, 0.3) is 0 Å². The highest BCUT2D eigenvalue weighted by Gasteiger charge is 2.23. The highest BCUT2D eigenvalue weighted by Crippen LogP contribution is 2.37. The molecule has 0 aliphatic carbocycles. The van der Waals surface area contributed by atoms with Crippen LogP contribution >= 0.6 is 0 Å². The quantitative estimate of drug-likeness (QED) is 0.550. The largest absolute Gasteiger partial charge is 0.504 e. The zero-order valence-electron chi connectivity index (χ0n) is 19.0. The molecule has 2 heterocycles. The first-order chi connectivity index (χ1) is 15.5. The Bertz CT molecular complexity index is 1100. The summed E-state index contributed by atoms with van der Waals surface area (Å²) >= 11 is 0. The molecular weight excluding hydrogens is 402 g/mol. The molecule has 1 aliphatic rings. The lowest BCUT2D eigenvalue weighted by Gasteiger charge is -2.35. The third-order valence-corrected chi connectivity index (χ3v) is 6.14. The Morgan fingerprint density at radius 1 is 1.16 bits per heavy atom. The van der Waals surface area contributed by atoms with Crippen LogP contribution in [0.25, 0.3) is 22.0 Å². The highest BCUT2D eigenvalue weighted by molar-refractivity contribution is 6.02. The average Bonchev–Trinajstić information content (AvgIpc) is 2.80. The number of carbonyl (C=O) groups is 1. The van der Waals surface area contributed by atoms with Gasteiger partial charge in [-0.15, -0.1) is 0 Å². The van der Waals surface area contributed by atoms with Crippen molar-refractivity contribution < 1.29 is 14.6 Å². The van der Waals surface area contributed by atoms with Crippen LogP contribution < -0.4 is 9.64 Å². The van der Waals surface area contributed by atoms with E-state index >= 15 is 0 Å². The molecule has 0 atom stereocenters. The maximum Gasteiger partial charge on any atom is 0.161 e. The minimum Gasteiger partial charge on any atom is -0.504 e. The van der Waals surface area contributed by atoms with Crippen LogP contribution in [0.3, 0.4) is 0 Å². The standard InChI is InChI=1S/C26H31N3O3/c1-4-32-25-14-20(6-8-24(25)31)19-5-7-23-22(13-19)26(21(17-30)15-27-23)29-11-9-18(10-12-29)16-28(2)3/h5-8,13-15,17-18,31H,4,9-12,16H2,1-3H3. The minimum absolute atomic E-state index is 0.127. The third-order valence-electron chi connectivity index (χ3n) is 6.14. The molecule has 1 N–H and O–H groups in total. The van der Waals surface area contributed by atoms with Gasteiger partial charge in [-0.3, -0.25) is 9.78 Å². The first-order valence-corrected chi connectivity index (χ1v) is 11.2. The first-order valence-electron chi connectivity index (χ1n) is 11.2. The van der Waals surface area contributed by atoms with Gasteiger partial charge < -0.3 is 19.6 Å². The number of aromatic hydroxyl groups is 1. The number of piperidine rings is 1. The third kappa shape index (κ3) is 4.55. The zero-order chi connectivity index (χ0) is 22.7. The van der Waals surface area contributed by atoms with Gasteiger partial charge in [0, 0.05) is 31.2 Å². The normalized spacial score (nSPS) is 14.8. The van der Waals surface area contributed by atoms with E-state index in [9.17, 15) is 9.90 Å². The van der Waals surface area contributed by atoms with Gasteiger partial charge in [-0.05, 0) is 75.2 Å². The number of anilines is 1. The molecule has 0 unspecified atom stereocenters. The van der Waals surface area contributed by atoms with Crippen molar-refractivity contribution >= 4 is 22.9 Å². The van der Waals surface area contributed by atoms with Crippen LogP contribution in [0.2, 0.25) is 0 Å². The molecule has 0 bridgehead atoms. The van der Waals surface area contributed by atoms with Gasteiger partial charge in [0.2, 0.25) is 0 Å². The van der Waals surface area contributed by atoms with E-state index in [-0.39, 0.29) is 5.75 Å². The maximum atomic E-state index is 11.9. The SMILES string of the molecule is CCOc1cc(-c2ccc3ncc(C=O)c(N4CCC(CN(C)C)CC4)c3c2)ccc1O. The molecule has 168 valence electrons. The number of aldehydes is 1. The van der Waals surface area contributed by atoms with Crippen LogP contribution in [0.1, 0.15) is 30.1 Å². The van der Waals surface area contributed by atoms with Crippen molar-refractivity contribution in [1.29, 1.82) is 0 Å². The summed E-state index contributed by atoms with van der Waals surface area (Å²) in [5.74, 6) is 1.27. The van der Waals surface area contributed by atoms with Crippen molar-refractivity contribution in [3.05, 3.63) is 48.2 Å². The van der Waals surface area contributed by atoms with Crippen LogP contribution in [-0.2, 0) is 0 Å². The van der Waals surface area contributed by atoms with Crippen LogP contribution in [0.5, 0.6) is 11.5 Å². The average molecular weight is 434 g/mol. The summed E-state index contributed by atoms with van der Waals surface area (Å²) < 4.78 is 5.56. The first kappa shape index (κ1) is 22.1. The van der Waals surface area contributed by atoms with Crippen molar-refractivity contribution in [2.75, 3.05) is 45.2 Å². The second-order valence-corrected chi connectivity index (χ2v) is 8.72. The number of phenolic OH excluding ortho intramolecular Hbond substituents is 1. The van der Waals surface area contributed by atoms with Crippen LogP contribution in [-0.4, -0.2) is 61.6 Å². The Morgan fingerprint density at radius 2 is 1.88 bits per heavy atom. The van der Waals surface area contributed by atoms with Gasteiger partial charge in [-0.2, -0.15) is 0 Å². The number of carbonyl (C=O) groups excluding carboxylic acids is 1. The lowest BCUT2D eigenvalue weighted by atomic mass is 9.94. The van der Waals surface area contributed by atoms with Crippen molar-refractivity contribution in [2.45, 2.75) is 19.8 Å². The number of rotatable bonds is 7. The summed E-state index contributed by atoms with van der Waals surface area (Å²) in [6.07, 6.45) is 4.81. The van der Waals surface area contributed by atoms with Gasteiger partial charge >= 0.3 is 0 Å². The van der Waals surface area contributed by atoms with Crippen molar-refractivity contribution in [2.24, 2.45) is 5.92 Å². The van der Waals surface area contributed by atoms with Crippen molar-refractivity contribution in [3.63, 3.8) is 0 Å². The number of pyridine rings is 1. The molecule has 0 radical (unpaired) electrons. The van der Waals surface area contributed by atoms with E-state index in [0.717, 1.165) is 66.5 Å². The summed E-state index contributed by atoms with van der Waals surface area (Å²) in [6, 6.07) is 11.5. The lowest BCUT2D eigenvalue weighted by Crippen LogP contribution is -2.37. The molecule has 32 heavy (non-hydrogen) atoms. The van der Waals surface area contributed by atoms with E-state index in [1.165, 1.54) is 0 Å². The molecule has 2 aromatic carbocycles. The monoisotopic (exact) mass is 433 g/mol. The fourth-order valence-electron chi connectivity index (χ4n) is 4.63. The summed E-state index contributed by atoms with van der Waals surface area (Å²) in [6.45, 7) is 5.32. The number of ether oxygens (including phenoxy) is 1. The summed E-state index contributed by atoms with van der Waals surface area (Å²) in [7, 11) is 4.24. The molecule has 0 spiro atoms. The zero-order valence-corrected chi connectivity index (χ0v) is 19.0. The Balaban J connectivity index is 1.73. The Hall–Kier alpha value is -3.12. The highest BCUT2D eigenvalue weighted by atomic mass is 16.5. The van der Waals surface area contributed by atoms with E-state index < -0.39 is 0 Å². The molecule has 6 heteroatoms. The molecule has 0 saturated carbocycles. The molecule has 3 aromatic rings. The van der Waals surface area contributed by atoms with Gasteiger partial charge in [-0.1, -0.05) is 12.1 Å². The number of hydrogen-bond acceptors (Lipinski definition) is 6. The van der Waals surface area contributed by atoms with E-state index in [0.29, 0.717) is 23.8 Å². The smallest absolute Gasteiger partial charge is 0.161 e. The van der Waals surface area contributed by atoms with E-state index in [4.69, 9.17) is 4.74 Å². The second-order valence-electron chi connectivity index (χ2n) is 8.72. The fourth-order valence-corrected chi connectivity index (χ4v) is 4.63. The van der Waals surface area contributed by atoms with Crippen LogP contribution in [0, 0.1) is 5.92 Å². The van der Waals surface area contributed by atoms with Gasteiger partial charge in [-0.25, -0.2) is 0 Å². The fraction of sp³-hybridized carbons (Fsp3) is 0.385. The summed E-state index contributed by atoms with van der Waals surface area (Å²) in [4.78, 5) is 21.0. The van der Waals surface area contributed by atoms with Crippen LogP contribution in [0.15, 0.2) is 42.6 Å². The number of benzene rings is 2. The number of fused-ring (bicyclic) bond motifs is 1. The number of aromatic nitrogens is 1. The Kier molecular flexibility index (Phi) is 6.61. The number of nitrogens with zero attached hydrogens (tertiary/aromatic N) is 3. The molecule has 1 saturated heterocycles. The molecule has 6 nitrogen and oxygen atoms in total. The molecule has 0 amide bonds. The van der Waals surface area contributed by atoms with E-state index in [2.05, 4.69) is 34.9 Å². The lowest BCUT2D eigenvalue weighted by molar-refractivity contribution is 0.112. The predicted octanol–water partition coefficient (Wildman–Crippen LogP) is 4.60. The number of hydrogen-bond donors (Lipinski definition) is 1. The van der Waals surface area contributed by atoms with Crippen molar-refractivity contribution in [1.82, 2.24) is 9.88 Å². The molecular formula is C26H31N3O3. The molecule has 1 aliphatic heterocycles. The molecule has 4 rings (SSSR count). The summed E-state index contributed by atoms with van der Waals surface area (Å²) in [5, 5.41) is 11.0. The Labute approximate surface area is 189 Å². The van der Waals surface area contributed by atoms with E-state index in [1.54, 1.807) is 12.3 Å². The number of phenols is 1. The van der Waals surface area contributed by atoms with Gasteiger partial charge in [0.15, 0.2) is 17.8 Å². The molecule has 1 aromatic heterocycles. The second kappa shape index (κ2) is 9.57. The van der Waals surface area contributed by atoms with Crippen molar-refractivity contribution in [3.8, 4) is 22.6 Å². The predicted molar refractivity (Wildman–Crippen MR) is 129 cm³/mol.